The van der Waals surface area contributed by atoms with E-state index in [2.05, 4.69) is 65.8 Å². The Bertz CT molecular complexity index is 736. The molecule has 1 heterocycles. The lowest BCUT2D eigenvalue weighted by molar-refractivity contribution is -0.0190. The molecule has 1 fully saturated rings. The predicted molar refractivity (Wildman–Crippen MR) is 143 cm³/mol. The van der Waals surface area contributed by atoms with Crippen molar-refractivity contribution in [2.45, 2.75) is 94.0 Å². The lowest BCUT2D eigenvalue weighted by Crippen LogP contribution is -2.59. The molecule has 8 heteroatoms. The number of likely N-dealkylation sites (tertiary alicyclic amines) is 1. The third-order valence-electron chi connectivity index (χ3n) is 7.23. The molecule has 0 saturated carbocycles. The highest BCUT2D eigenvalue weighted by atomic mass is 32.2. The van der Waals surface area contributed by atoms with E-state index < -0.39 is 20.5 Å². The molecule has 0 aliphatic carbocycles. The molecule has 0 bridgehead atoms. The molecule has 2 N–H and O–H groups in total. The maximum atomic E-state index is 11.8. The molecule has 0 radical (unpaired) electrons. The Kier molecular flexibility index (Phi) is 11.4. The van der Waals surface area contributed by atoms with Crippen molar-refractivity contribution in [3.63, 3.8) is 0 Å². The second-order valence-corrected chi connectivity index (χ2v) is 16.9. The van der Waals surface area contributed by atoms with Gasteiger partial charge in [-0.05, 0) is 52.9 Å². The number of carbonyl (C=O) groups is 1. The number of rotatable bonds is 12. The summed E-state index contributed by atoms with van der Waals surface area (Å²) in [6, 6.07) is 8.40. The zero-order chi connectivity index (χ0) is 25.5. The van der Waals surface area contributed by atoms with E-state index in [1.807, 2.05) is 11.8 Å². The van der Waals surface area contributed by atoms with Gasteiger partial charge in [0.2, 0.25) is 8.32 Å². The Morgan fingerprint density at radius 3 is 2.15 bits per heavy atom. The van der Waals surface area contributed by atoms with Crippen molar-refractivity contribution < 1.29 is 24.2 Å². The van der Waals surface area contributed by atoms with Crippen molar-refractivity contribution in [2.75, 3.05) is 32.6 Å². The Morgan fingerprint density at radius 2 is 1.65 bits per heavy atom. The number of unbranched alkanes of at least 4 members (excludes halogenated alkanes) is 1. The summed E-state index contributed by atoms with van der Waals surface area (Å²) < 4.78 is 12.2. The second kappa shape index (κ2) is 13.3. The van der Waals surface area contributed by atoms with Crippen LogP contribution in [0, 0.1) is 0 Å². The molecule has 2 rings (SSSR count). The summed E-state index contributed by atoms with van der Waals surface area (Å²) in [4.78, 5) is 14.3. The Hall–Kier alpha value is -1.06. The number of piperidine rings is 1. The molecule has 1 amide bonds. The number of thioether (sulfide) groups is 1. The van der Waals surface area contributed by atoms with E-state index in [1.54, 1.807) is 7.11 Å². The van der Waals surface area contributed by atoms with Crippen molar-refractivity contribution >= 4 is 26.2 Å². The van der Waals surface area contributed by atoms with E-state index in [0.717, 1.165) is 30.8 Å². The standard InChI is InChI=1S/C26H45NO5SSi/c1-18(2)34(19(3)4,20(5)6)32-24-17-27(26(29)30)16-23(28)25(24)21-10-12-22(13-11-21)33-15-9-8-14-31-7/h10-13,18-20,23-25,28H,8-9,14-17H2,1-7H3,(H,29,30)/t23-,24+,25+/m0/s1. The van der Waals surface area contributed by atoms with Gasteiger partial charge < -0.3 is 24.3 Å². The largest absolute Gasteiger partial charge is 0.465 e. The van der Waals surface area contributed by atoms with Crippen molar-refractivity contribution in [2.24, 2.45) is 0 Å². The molecule has 0 spiro atoms. The minimum Gasteiger partial charge on any atom is -0.465 e. The third kappa shape index (κ3) is 7.00. The number of carboxylic acid groups (broad SMARTS) is 1. The molecule has 1 aromatic rings. The lowest BCUT2D eigenvalue weighted by Gasteiger charge is -2.49. The number of nitrogens with zero attached hydrogens (tertiary/aromatic N) is 1. The van der Waals surface area contributed by atoms with E-state index in [1.165, 1.54) is 9.80 Å². The van der Waals surface area contributed by atoms with Crippen LogP contribution in [0.3, 0.4) is 0 Å². The predicted octanol–water partition coefficient (Wildman–Crippen LogP) is 6.20. The average molecular weight is 512 g/mol. The molecular weight excluding hydrogens is 466 g/mol. The Morgan fingerprint density at radius 1 is 1.06 bits per heavy atom. The van der Waals surface area contributed by atoms with Gasteiger partial charge in [0.05, 0.1) is 18.8 Å². The molecule has 1 aliphatic rings. The van der Waals surface area contributed by atoms with Gasteiger partial charge >= 0.3 is 6.09 Å². The van der Waals surface area contributed by atoms with Crippen LogP contribution in [0.5, 0.6) is 0 Å². The number of hydrogen-bond donors (Lipinski definition) is 2. The summed E-state index contributed by atoms with van der Waals surface area (Å²) in [5.41, 5.74) is 2.15. The van der Waals surface area contributed by atoms with Gasteiger partial charge in [-0.25, -0.2) is 4.79 Å². The molecular formula is C26H45NO5SSi. The van der Waals surface area contributed by atoms with Crippen LogP contribution < -0.4 is 0 Å². The molecule has 0 unspecified atom stereocenters. The van der Waals surface area contributed by atoms with Crippen LogP contribution in [0.1, 0.15) is 65.9 Å². The van der Waals surface area contributed by atoms with Crippen LogP contribution in [0.4, 0.5) is 4.79 Å². The van der Waals surface area contributed by atoms with Crippen molar-refractivity contribution in [1.82, 2.24) is 4.90 Å². The number of aliphatic hydroxyl groups is 1. The van der Waals surface area contributed by atoms with Gasteiger partial charge in [-0.2, -0.15) is 0 Å². The van der Waals surface area contributed by atoms with Crippen molar-refractivity contribution in [1.29, 1.82) is 0 Å². The van der Waals surface area contributed by atoms with Crippen molar-refractivity contribution in [3.05, 3.63) is 29.8 Å². The Balaban J connectivity index is 2.29. The summed E-state index contributed by atoms with van der Waals surface area (Å²) in [6.45, 7) is 14.6. The SMILES string of the molecule is COCCCCSc1ccc([C@@H]2[C@@H](O)CN(C(=O)O)C[C@H]2O[Si](C(C)C)(C(C)C)C(C)C)cc1. The summed E-state index contributed by atoms with van der Waals surface area (Å²) in [5.74, 6) is 0.791. The third-order valence-corrected chi connectivity index (χ3v) is 14.5. The number of benzene rings is 1. The van der Waals surface area contributed by atoms with Gasteiger partial charge in [-0.15, -0.1) is 11.8 Å². The van der Waals surface area contributed by atoms with Crippen LogP contribution in [-0.4, -0.2) is 74.3 Å². The van der Waals surface area contributed by atoms with Gasteiger partial charge in [0.1, 0.15) is 0 Å². The van der Waals surface area contributed by atoms with E-state index in [4.69, 9.17) is 9.16 Å². The monoisotopic (exact) mass is 511 g/mol. The molecule has 1 aliphatic heterocycles. The van der Waals surface area contributed by atoms with E-state index in [0.29, 0.717) is 16.6 Å². The first-order valence-electron chi connectivity index (χ1n) is 12.6. The molecule has 1 saturated heterocycles. The molecule has 6 nitrogen and oxygen atoms in total. The van der Waals surface area contributed by atoms with Gasteiger partial charge in [0.25, 0.3) is 0 Å². The van der Waals surface area contributed by atoms with Crippen LogP contribution in [0.2, 0.25) is 16.6 Å². The first-order chi connectivity index (χ1) is 16.0. The molecule has 0 aromatic heterocycles. The first-order valence-corrected chi connectivity index (χ1v) is 15.7. The van der Waals surface area contributed by atoms with E-state index in [-0.39, 0.29) is 25.1 Å². The topological polar surface area (TPSA) is 79.2 Å². The van der Waals surface area contributed by atoms with Crippen molar-refractivity contribution in [3.8, 4) is 0 Å². The van der Waals surface area contributed by atoms with E-state index >= 15 is 0 Å². The molecule has 3 atom stereocenters. The summed E-state index contributed by atoms with van der Waals surface area (Å²) in [6.07, 6.45) is -0.0131. The van der Waals surface area contributed by atoms with Gasteiger partial charge in [-0.3, -0.25) is 0 Å². The van der Waals surface area contributed by atoms with Gasteiger partial charge in [0.15, 0.2) is 0 Å². The summed E-state index contributed by atoms with van der Waals surface area (Å²) in [5, 5.41) is 20.8. The average Bonchev–Trinajstić information content (AvgIpc) is 2.76. The maximum Gasteiger partial charge on any atom is 0.407 e. The highest BCUT2D eigenvalue weighted by Crippen LogP contribution is 2.45. The van der Waals surface area contributed by atoms with Crippen LogP contribution >= 0.6 is 11.8 Å². The highest BCUT2D eigenvalue weighted by molar-refractivity contribution is 7.99. The molecule has 1 aromatic carbocycles. The van der Waals surface area contributed by atoms with Gasteiger partial charge in [0, 0.05) is 31.1 Å². The normalized spacial score (nSPS) is 21.6. The maximum absolute atomic E-state index is 11.8. The number of aliphatic hydroxyl groups excluding tert-OH is 1. The Labute approximate surface area is 211 Å². The first kappa shape index (κ1) is 29.2. The smallest absolute Gasteiger partial charge is 0.407 e. The number of hydrogen-bond acceptors (Lipinski definition) is 5. The van der Waals surface area contributed by atoms with Crippen LogP contribution in [0.15, 0.2) is 29.2 Å². The minimum atomic E-state index is -2.27. The highest BCUT2D eigenvalue weighted by Gasteiger charge is 2.50. The molecule has 34 heavy (non-hydrogen) atoms. The number of methoxy groups -OCH3 is 1. The molecule has 194 valence electrons. The fourth-order valence-electron chi connectivity index (χ4n) is 5.69. The van der Waals surface area contributed by atoms with Gasteiger partial charge in [-0.1, -0.05) is 53.7 Å². The number of ether oxygens (including phenoxy) is 1. The fourth-order valence-corrected chi connectivity index (χ4v) is 12.2. The second-order valence-electron chi connectivity index (χ2n) is 10.4. The zero-order valence-corrected chi connectivity index (χ0v) is 23.8. The lowest BCUT2D eigenvalue weighted by atomic mass is 9.85. The quantitative estimate of drug-likeness (QED) is 0.197. The minimum absolute atomic E-state index is 0.107. The van der Waals surface area contributed by atoms with Crippen LogP contribution in [0.25, 0.3) is 0 Å². The number of amides is 1. The summed E-state index contributed by atoms with van der Waals surface area (Å²) >= 11 is 1.83. The fraction of sp³-hybridized carbons (Fsp3) is 0.731. The zero-order valence-electron chi connectivity index (χ0n) is 22.0. The number of β-amino-alcohol motifs (C(OH)–C–C–N with tert-alkyl or cyclic N) is 1. The van der Waals surface area contributed by atoms with Crippen LogP contribution in [-0.2, 0) is 9.16 Å². The summed E-state index contributed by atoms with van der Waals surface area (Å²) in [7, 11) is -0.538. The van der Waals surface area contributed by atoms with E-state index in [9.17, 15) is 15.0 Å².